The number of hydrogen-bond acceptors (Lipinski definition) is 5. The molecule has 0 bridgehead atoms. The van der Waals surface area contributed by atoms with E-state index >= 15 is 0 Å². The number of hydrogen-bond donors (Lipinski definition) is 3. The first-order chi connectivity index (χ1) is 19.0. The van der Waals surface area contributed by atoms with Gasteiger partial charge in [0.2, 0.25) is 0 Å². The van der Waals surface area contributed by atoms with Crippen LogP contribution in [0.25, 0.3) is 0 Å². The van der Waals surface area contributed by atoms with Crippen LogP contribution in [0.1, 0.15) is 85.0 Å². The summed E-state index contributed by atoms with van der Waals surface area (Å²) in [5.41, 5.74) is 0.0363. The standard InChI is InChI=1S/C32H50N2O6/c1-6-16-39-29(37)33-22-14-15-31(4)21(18-22)9-10-23-25-12-11-24(20(3)8-13-28(35)36)32(25,5)27(19-26(23)31)34-30(38)40-17-7-2/h6-7,20-27H,1-2,8-19H2,3-5H3,(H,33,37)(H,34,38)(H,35,36)/t20-,21-,22-,23+,24-,25+,26+,27+,31+,32-/m1/s1. The number of rotatable bonds is 10. The minimum atomic E-state index is -0.747. The maximum absolute atomic E-state index is 12.9. The number of carbonyl (C=O) groups excluding carboxylic acids is 2. The molecular formula is C32H50N2O6. The van der Waals surface area contributed by atoms with Crippen LogP contribution in [0.4, 0.5) is 9.59 Å². The van der Waals surface area contributed by atoms with Crippen LogP contribution in [-0.2, 0) is 14.3 Å². The lowest BCUT2D eigenvalue weighted by atomic mass is 9.43. The summed E-state index contributed by atoms with van der Waals surface area (Å²) in [7, 11) is 0. The van der Waals surface area contributed by atoms with E-state index in [1.54, 1.807) is 12.2 Å². The Hall–Kier alpha value is -2.51. The lowest BCUT2D eigenvalue weighted by molar-refractivity contribution is -0.138. The number of carbonyl (C=O) groups is 3. The van der Waals surface area contributed by atoms with Crippen LogP contribution >= 0.6 is 0 Å². The molecule has 224 valence electrons. The molecule has 8 heteroatoms. The van der Waals surface area contributed by atoms with Crippen LogP contribution < -0.4 is 10.6 Å². The number of amides is 2. The average molecular weight is 559 g/mol. The molecule has 8 nitrogen and oxygen atoms in total. The second-order valence-corrected chi connectivity index (χ2v) is 13.4. The Bertz CT molecular complexity index is 969. The zero-order chi connectivity index (χ0) is 29.1. The number of carboxylic acids is 1. The summed E-state index contributed by atoms with van der Waals surface area (Å²) < 4.78 is 10.6. The van der Waals surface area contributed by atoms with Crippen molar-refractivity contribution in [1.29, 1.82) is 0 Å². The Morgan fingerprint density at radius 1 is 0.950 bits per heavy atom. The molecule has 4 aliphatic rings. The molecular weight excluding hydrogens is 508 g/mol. The van der Waals surface area contributed by atoms with Crippen molar-refractivity contribution in [3.8, 4) is 0 Å². The molecule has 4 rings (SSSR count). The lowest BCUT2D eigenvalue weighted by Gasteiger charge is -2.63. The summed E-state index contributed by atoms with van der Waals surface area (Å²) in [4.78, 5) is 36.5. The Morgan fingerprint density at radius 2 is 1.62 bits per heavy atom. The van der Waals surface area contributed by atoms with Gasteiger partial charge in [0.1, 0.15) is 13.2 Å². The monoisotopic (exact) mass is 558 g/mol. The van der Waals surface area contributed by atoms with Gasteiger partial charge in [0.15, 0.2) is 0 Å². The number of ether oxygens (including phenoxy) is 2. The Kier molecular flexibility index (Phi) is 9.56. The van der Waals surface area contributed by atoms with E-state index in [2.05, 4.69) is 44.6 Å². The number of aliphatic carboxylic acids is 1. The third-order valence-corrected chi connectivity index (χ3v) is 11.7. The highest BCUT2D eigenvalue weighted by molar-refractivity contribution is 5.68. The van der Waals surface area contributed by atoms with Crippen LogP contribution in [0.2, 0.25) is 0 Å². The Labute approximate surface area is 239 Å². The molecule has 3 N–H and O–H groups in total. The summed E-state index contributed by atoms with van der Waals surface area (Å²) in [6.07, 6.45) is 11.6. The fraction of sp³-hybridized carbons (Fsp3) is 0.781. The van der Waals surface area contributed by atoms with Gasteiger partial charge in [0.25, 0.3) is 0 Å². The van der Waals surface area contributed by atoms with Crippen LogP contribution in [-0.4, -0.2) is 48.6 Å². The van der Waals surface area contributed by atoms with E-state index in [0.29, 0.717) is 36.0 Å². The van der Waals surface area contributed by atoms with Crippen molar-refractivity contribution in [3.63, 3.8) is 0 Å². The van der Waals surface area contributed by atoms with Crippen molar-refractivity contribution in [2.24, 2.45) is 46.3 Å². The predicted molar refractivity (Wildman–Crippen MR) is 154 cm³/mol. The quantitative estimate of drug-likeness (QED) is 0.271. The maximum Gasteiger partial charge on any atom is 0.407 e. The summed E-state index contributed by atoms with van der Waals surface area (Å²) in [5, 5.41) is 15.7. The van der Waals surface area contributed by atoms with Gasteiger partial charge in [-0.2, -0.15) is 0 Å². The van der Waals surface area contributed by atoms with Gasteiger partial charge in [-0.3, -0.25) is 4.79 Å². The number of fused-ring (bicyclic) bond motifs is 5. The molecule has 10 atom stereocenters. The summed E-state index contributed by atoms with van der Waals surface area (Å²) in [5.74, 6) is 1.94. The SMILES string of the molecule is C=CCOC(=O)N[C@@H]1CC[C@@]2(C)[C@H](CC[C@@H]3[C@@H]2C[C@H](NC(=O)OCC=C)[C@]2(C)[C@@H]([C@H](C)CCC(=O)O)CC[C@@H]32)C1. The summed E-state index contributed by atoms with van der Waals surface area (Å²) >= 11 is 0. The third kappa shape index (κ3) is 5.91. The third-order valence-electron chi connectivity index (χ3n) is 11.7. The van der Waals surface area contributed by atoms with E-state index in [4.69, 9.17) is 9.47 Å². The first kappa shape index (κ1) is 30.4. The van der Waals surface area contributed by atoms with E-state index in [0.717, 1.165) is 44.9 Å². The minimum Gasteiger partial charge on any atom is -0.481 e. The van der Waals surface area contributed by atoms with E-state index in [1.807, 2.05) is 0 Å². The molecule has 0 aromatic rings. The van der Waals surface area contributed by atoms with Crippen LogP contribution in [0.5, 0.6) is 0 Å². The first-order valence-electron chi connectivity index (χ1n) is 15.3. The normalized spacial score (nSPS) is 38.9. The van der Waals surface area contributed by atoms with E-state index in [1.165, 1.54) is 6.42 Å². The van der Waals surface area contributed by atoms with Gasteiger partial charge < -0.3 is 25.2 Å². The van der Waals surface area contributed by atoms with Crippen molar-refractivity contribution >= 4 is 18.2 Å². The van der Waals surface area contributed by atoms with Gasteiger partial charge in [-0.15, -0.1) is 0 Å². The Balaban J connectivity index is 1.56. The molecule has 2 amide bonds. The lowest BCUT2D eigenvalue weighted by Crippen LogP contribution is -2.63. The molecule has 0 saturated heterocycles. The molecule has 0 aromatic carbocycles. The first-order valence-corrected chi connectivity index (χ1v) is 15.3. The van der Waals surface area contributed by atoms with Crippen LogP contribution in [0.15, 0.2) is 25.3 Å². The molecule has 0 spiro atoms. The van der Waals surface area contributed by atoms with Crippen molar-refractivity contribution < 1.29 is 29.0 Å². The van der Waals surface area contributed by atoms with Gasteiger partial charge in [0.05, 0.1) is 0 Å². The highest BCUT2D eigenvalue weighted by atomic mass is 16.6. The van der Waals surface area contributed by atoms with Gasteiger partial charge >= 0.3 is 18.2 Å². The van der Waals surface area contributed by atoms with Gasteiger partial charge in [-0.05, 0) is 104 Å². The molecule has 0 radical (unpaired) electrons. The highest BCUT2D eigenvalue weighted by Crippen LogP contribution is 2.68. The fourth-order valence-corrected chi connectivity index (χ4v) is 9.78. The molecule has 0 heterocycles. The van der Waals surface area contributed by atoms with Crippen molar-refractivity contribution in [1.82, 2.24) is 10.6 Å². The predicted octanol–water partition coefficient (Wildman–Crippen LogP) is 6.32. The van der Waals surface area contributed by atoms with Crippen LogP contribution in [0.3, 0.4) is 0 Å². The van der Waals surface area contributed by atoms with E-state index < -0.39 is 12.1 Å². The minimum absolute atomic E-state index is 0.0313. The maximum atomic E-state index is 12.9. The van der Waals surface area contributed by atoms with Gasteiger partial charge in [-0.25, -0.2) is 9.59 Å². The largest absolute Gasteiger partial charge is 0.481 e. The Morgan fingerprint density at radius 3 is 2.27 bits per heavy atom. The number of carboxylic acid groups (broad SMARTS) is 1. The molecule has 40 heavy (non-hydrogen) atoms. The molecule has 0 aromatic heterocycles. The summed E-state index contributed by atoms with van der Waals surface area (Å²) in [6.45, 7) is 14.7. The molecule has 0 aliphatic heterocycles. The smallest absolute Gasteiger partial charge is 0.407 e. The molecule has 4 saturated carbocycles. The fourth-order valence-electron chi connectivity index (χ4n) is 9.78. The highest BCUT2D eigenvalue weighted by Gasteiger charge is 2.64. The molecule has 4 aliphatic carbocycles. The number of nitrogens with one attached hydrogen (secondary N) is 2. The zero-order valence-electron chi connectivity index (χ0n) is 24.7. The van der Waals surface area contributed by atoms with E-state index in [9.17, 15) is 19.5 Å². The average Bonchev–Trinajstić information content (AvgIpc) is 3.28. The van der Waals surface area contributed by atoms with Crippen LogP contribution in [0, 0.1) is 46.3 Å². The van der Waals surface area contributed by atoms with Crippen molar-refractivity contribution in [2.45, 2.75) is 97.1 Å². The van der Waals surface area contributed by atoms with Gasteiger partial charge in [0, 0.05) is 18.5 Å². The van der Waals surface area contributed by atoms with Crippen molar-refractivity contribution in [3.05, 3.63) is 25.3 Å². The number of alkyl carbamates (subject to hydrolysis) is 2. The molecule has 4 fully saturated rings. The van der Waals surface area contributed by atoms with Crippen molar-refractivity contribution in [2.75, 3.05) is 13.2 Å². The second-order valence-electron chi connectivity index (χ2n) is 13.4. The summed E-state index contributed by atoms with van der Waals surface area (Å²) in [6, 6.07) is 0.0886. The molecule has 0 unspecified atom stereocenters. The van der Waals surface area contributed by atoms with Gasteiger partial charge in [-0.1, -0.05) is 46.1 Å². The zero-order valence-corrected chi connectivity index (χ0v) is 24.7. The second kappa shape index (κ2) is 12.6. The van der Waals surface area contributed by atoms with E-state index in [-0.39, 0.29) is 54.6 Å². The topological polar surface area (TPSA) is 114 Å².